The summed E-state index contributed by atoms with van der Waals surface area (Å²) in [7, 11) is 0. The molecule has 2 aromatic rings. The maximum absolute atomic E-state index is 12.6. The second-order valence-corrected chi connectivity index (χ2v) is 7.73. The Hall–Kier alpha value is -2.41. The second kappa shape index (κ2) is 9.50. The molecule has 27 heavy (non-hydrogen) atoms. The molecule has 7 heteroatoms. The van der Waals surface area contributed by atoms with E-state index in [0.717, 1.165) is 25.7 Å². The number of rotatable bonds is 5. The molecule has 1 fully saturated rings. The lowest BCUT2D eigenvalue weighted by Gasteiger charge is -2.17. The van der Waals surface area contributed by atoms with Crippen molar-refractivity contribution in [2.45, 2.75) is 57.4 Å². The number of aromatic nitrogens is 1. The summed E-state index contributed by atoms with van der Waals surface area (Å²) in [5, 5.41) is 18.1. The minimum Gasteiger partial charge on any atom is -0.505 e. The molecule has 0 aliphatic heterocycles. The van der Waals surface area contributed by atoms with E-state index in [-0.39, 0.29) is 17.7 Å². The topological polar surface area (TPSA) is 91.3 Å². The highest BCUT2D eigenvalue weighted by molar-refractivity contribution is 7.13. The molecule has 1 aliphatic carbocycles. The van der Waals surface area contributed by atoms with Crippen molar-refractivity contribution in [3.8, 4) is 16.3 Å². The van der Waals surface area contributed by atoms with Crippen LogP contribution in [0, 0.1) is 0 Å². The molecule has 0 atom stereocenters. The van der Waals surface area contributed by atoms with Crippen LogP contribution in [0.25, 0.3) is 10.6 Å². The molecule has 0 unspecified atom stereocenters. The van der Waals surface area contributed by atoms with Crippen LogP contribution in [-0.2, 0) is 4.79 Å². The molecule has 0 saturated heterocycles. The molecule has 3 rings (SSSR count). The van der Waals surface area contributed by atoms with Gasteiger partial charge in [0.2, 0.25) is 6.41 Å². The molecule has 0 radical (unpaired) electrons. The Balaban J connectivity index is 1.70. The Labute approximate surface area is 163 Å². The van der Waals surface area contributed by atoms with Crippen molar-refractivity contribution in [3.05, 3.63) is 29.3 Å². The third kappa shape index (κ3) is 5.07. The summed E-state index contributed by atoms with van der Waals surface area (Å²) in [4.78, 5) is 27.6. The van der Waals surface area contributed by atoms with Gasteiger partial charge in [0, 0.05) is 11.4 Å². The van der Waals surface area contributed by atoms with Crippen LogP contribution in [0.5, 0.6) is 5.75 Å². The summed E-state index contributed by atoms with van der Waals surface area (Å²) >= 11 is 1.30. The molecule has 0 spiro atoms. The second-order valence-electron chi connectivity index (χ2n) is 6.87. The number of benzene rings is 1. The van der Waals surface area contributed by atoms with Crippen LogP contribution in [0.2, 0.25) is 0 Å². The lowest BCUT2D eigenvalue weighted by molar-refractivity contribution is -0.105. The first-order chi connectivity index (χ1) is 13.2. The van der Waals surface area contributed by atoms with Crippen molar-refractivity contribution in [1.29, 1.82) is 0 Å². The number of nitrogens with one attached hydrogen (secondary N) is 2. The van der Waals surface area contributed by atoms with Gasteiger partial charge in [0.15, 0.2) is 0 Å². The first-order valence-corrected chi connectivity index (χ1v) is 10.4. The Morgan fingerprint density at radius 1 is 1.15 bits per heavy atom. The highest BCUT2D eigenvalue weighted by atomic mass is 32.1. The molecular formula is C20H25N3O3S. The number of carbonyl (C=O) groups excluding carboxylic acids is 2. The molecule has 144 valence electrons. The van der Waals surface area contributed by atoms with Crippen molar-refractivity contribution in [2.75, 3.05) is 5.32 Å². The molecular weight excluding hydrogens is 362 g/mol. The zero-order chi connectivity index (χ0) is 19.1. The fraction of sp³-hybridized carbons (Fsp3) is 0.450. The van der Waals surface area contributed by atoms with Crippen LogP contribution in [0.3, 0.4) is 0 Å². The van der Waals surface area contributed by atoms with Gasteiger partial charge in [0.1, 0.15) is 16.5 Å². The van der Waals surface area contributed by atoms with Crippen molar-refractivity contribution in [3.63, 3.8) is 0 Å². The van der Waals surface area contributed by atoms with Gasteiger partial charge < -0.3 is 15.7 Å². The van der Waals surface area contributed by atoms with Gasteiger partial charge >= 0.3 is 0 Å². The fourth-order valence-electron chi connectivity index (χ4n) is 3.43. The SMILES string of the molecule is O=CNc1cccc(-c2nc(C(=O)NC3CCCCCCCC3)cs2)c1O. The highest BCUT2D eigenvalue weighted by Crippen LogP contribution is 2.36. The average Bonchev–Trinajstić information content (AvgIpc) is 3.18. The van der Waals surface area contributed by atoms with Gasteiger partial charge in [0.25, 0.3) is 5.91 Å². The number of carbonyl (C=O) groups is 2. The summed E-state index contributed by atoms with van der Waals surface area (Å²) in [6.07, 6.45) is 9.89. The number of nitrogens with zero attached hydrogens (tertiary/aromatic N) is 1. The Bertz CT molecular complexity index is 781. The molecule has 0 bridgehead atoms. The van der Waals surface area contributed by atoms with Gasteiger partial charge in [-0.2, -0.15) is 0 Å². The number of thiazole rings is 1. The largest absolute Gasteiger partial charge is 0.505 e. The van der Waals surface area contributed by atoms with Crippen LogP contribution in [0.1, 0.15) is 61.9 Å². The Kier molecular flexibility index (Phi) is 6.81. The Morgan fingerprint density at radius 2 is 1.85 bits per heavy atom. The molecule has 1 aliphatic rings. The smallest absolute Gasteiger partial charge is 0.270 e. The van der Waals surface area contributed by atoms with E-state index in [9.17, 15) is 14.7 Å². The number of para-hydroxylation sites is 1. The number of hydrogen-bond donors (Lipinski definition) is 3. The zero-order valence-electron chi connectivity index (χ0n) is 15.2. The van der Waals surface area contributed by atoms with Crippen LogP contribution >= 0.6 is 11.3 Å². The predicted molar refractivity (Wildman–Crippen MR) is 107 cm³/mol. The molecule has 2 amide bonds. The molecule has 1 aromatic carbocycles. The highest BCUT2D eigenvalue weighted by Gasteiger charge is 2.19. The molecule has 1 saturated carbocycles. The van der Waals surface area contributed by atoms with E-state index in [1.54, 1.807) is 23.6 Å². The summed E-state index contributed by atoms with van der Waals surface area (Å²) in [6, 6.07) is 5.24. The first kappa shape index (κ1) is 19.4. The number of phenolic OH excluding ortho intramolecular Hbond substituents is 1. The van der Waals surface area contributed by atoms with E-state index in [2.05, 4.69) is 15.6 Å². The van der Waals surface area contributed by atoms with Crippen LogP contribution in [0.4, 0.5) is 5.69 Å². The van der Waals surface area contributed by atoms with Crippen molar-refractivity contribution in [1.82, 2.24) is 10.3 Å². The number of aromatic hydroxyl groups is 1. The van der Waals surface area contributed by atoms with E-state index in [1.165, 1.54) is 37.0 Å². The van der Waals surface area contributed by atoms with E-state index >= 15 is 0 Å². The number of hydrogen-bond acceptors (Lipinski definition) is 5. The third-order valence-corrected chi connectivity index (χ3v) is 5.78. The average molecular weight is 388 g/mol. The van der Waals surface area contributed by atoms with Gasteiger partial charge in [-0.25, -0.2) is 4.98 Å². The zero-order valence-corrected chi connectivity index (χ0v) is 16.1. The minimum absolute atomic E-state index is 0.0535. The van der Waals surface area contributed by atoms with E-state index in [0.29, 0.717) is 28.4 Å². The van der Waals surface area contributed by atoms with Gasteiger partial charge in [0.05, 0.1) is 11.3 Å². The molecule has 3 N–H and O–H groups in total. The first-order valence-electron chi connectivity index (χ1n) is 9.48. The lowest BCUT2D eigenvalue weighted by atomic mass is 10.0. The van der Waals surface area contributed by atoms with Gasteiger partial charge in [-0.15, -0.1) is 11.3 Å². The van der Waals surface area contributed by atoms with Crippen molar-refractivity contribution < 1.29 is 14.7 Å². The standard InChI is InChI=1S/C20H25N3O3S/c24-13-21-16-11-7-10-15(18(16)25)20-23-17(12-27-20)19(26)22-14-8-5-3-1-2-4-6-9-14/h7,10-14,25H,1-6,8-9H2,(H,21,24)(H,22,26). The quantitative estimate of drug-likeness (QED) is 0.526. The van der Waals surface area contributed by atoms with E-state index < -0.39 is 0 Å². The monoisotopic (exact) mass is 387 g/mol. The third-order valence-electron chi connectivity index (χ3n) is 4.91. The summed E-state index contributed by atoms with van der Waals surface area (Å²) < 4.78 is 0. The minimum atomic E-state index is -0.164. The maximum atomic E-state index is 12.6. The van der Waals surface area contributed by atoms with Crippen molar-refractivity contribution in [2.24, 2.45) is 0 Å². The van der Waals surface area contributed by atoms with Crippen LogP contribution in [0.15, 0.2) is 23.6 Å². The molecule has 1 aromatic heterocycles. The number of amides is 2. The summed E-state index contributed by atoms with van der Waals surface area (Å²) in [6.45, 7) is 0. The maximum Gasteiger partial charge on any atom is 0.270 e. The van der Waals surface area contributed by atoms with Crippen molar-refractivity contribution >= 4 is 29.3 Å². The van der Waals surface area contributed by atoms with Crippen LogP contribution < -0.4 is 10.6 Å². The lowest BCUT2D eigenvalue weighted by Crippen LogP contribution is -2.35. The Morgan fingerprint density at radius 3 is 2.56 bits per heavy atom. The molecule has 1 heterocycles. The van der Waals surface area contributed by atoms with Gasteiger partial charge in [-0.3, -0.25) is 9.59 Å². The van der Waals surface area contributed by atoms with Crippen LogP contribution in [-0.4, -0.2) is 28.4 Å². The normalized spacial score (nSPS) is 16.0. The van der Waals surface area contributed by atoms with Gasteiger partial charge in [-0.05, 0) is 25.0 Å². The number of anilines is 1. The summed E-state index contributed by atoms with van der Waals surface area (Å²) in [5.74, 6) is -0.217. The van der Waals surface area contributed by atoms with Gasteiger partial charge in [-0.1, -0.05) is 44.6 Å². The predicted octanol–water partition coefficient (Wildman–Crippen LogP) is 4.32. The number of phenols is 1. The van der Waals surface area contributed by atoms with E-state index in [4.69, 9.17) is 0 Å². The summed E-state index contributed by atoms with van der Waals surface area (Å²) in [5.41, 5.74) is 1.17. The molecule has 6 nitrogen and oxygen atoms in total. The fourth-order valence-corrected chi connectivity index (χ4v) is 4.26. The van der Waals surface area contributed by atoms with E-state index in [1.807, 2.05) is 0 Å².